The first-order chi connectivity index (χ1) is 31.6. The topological polar surface area (TPSA) is 212 Å². The van der Waals surface area contributed by atoms with Gasteiger partial charge in [-0.3, -0.25) is 4.98 Å². The summed E-state index contributed by atoms with van der Waals surface area (Å²) in [5.41, 5.74) is 2.79. The minimum absolute atomic E-state index is 0.0546. The van der Waals surface area contributed by atoms with Crippen molar-refractivity contribution in [2.24, 2.45) is 5.41 Å². The molecule has 0 aliphatic heterocycles. The van der Waals surface area contributed by atoms with Crippen molar-refractivity contribution in [1.29, 1.82) is 0 Å². The van der Waals surface area contributed by atoms with E-state index in [2.05, 4.69) is 9.97 Å². The summed E-state index contributed by atoms with van der Waals surface area (Å²) < 4.78 is 20.1. The molecule has 66 heavy (non-hydrogen) atoms. The van der Waals surface area contributed by atoms with Gasteiger partial charge in [-0.05, 0) is 91.3 Å². The van der Waals surface area contributed by atoms with Crippen molar-refractivity contribution < 1.29 is 58.6 Å². The van der Waals surface area contributed by atoms with Crippen molar-refractivity contribution in [2.75, 3.05) is 28.4 Å². The number of benzene rings is 4. The van der Waals surface area contributed by atoms with Gasteiger partial charge in [-0.25, -0.2) is 24.2 Å². The first-order valence-corrected chi connectivity index (χ1v) is 21.1. The fourth-order valence-electron chi connectivity index (χ4n) is 7.42. The molecule has 0 fully saturated rings. The molecule has 0 spiro atoms. The summed E-state index contributed by atoms with van der Waals surface area (Å²) in [6.07, 6.45) is 3.60. The third-order valence-corrected chi connectivity index (χ3v) is 11.0. The lowest BCUT2D eigenvalue weighted by atomic mass is 9.80. The number of methoxy groups -OCH3 is 4. The number of nitrogens with zero attached hydrogens (tertiary/aromatic N) is 2. The smallest absolute Gasteiger partial charge is 0.342 e. The number of carboxylic acid groups (broad SMARTS) is 2. The molecule has 6 aromatic rings. The van der Waals surface area contributed by atoms with Crippen LogP contribution in [0.3, 0.4) is 0 Å². The van der Waals surface area contributed by atoms with Crippen molar-refractivity contribution in [3.8, 4) is 34.3 Å². The molecule has 0 saturated carbocycles. The van der Waals surface area contributed by atoms with Gasteiger partial charge >= 0.3 is 23.9 Å². The van der Waals surface area contributed by atoms with Crippen molar-refractivity contribution in [3.05, 3.63) is 165 Å². The van der Waals surface area contributed by atoms with E-state index >= 15 is 0 Å². The van der Waals surface area contributed by atoms with Crippen LogP contribution in [-0.4, -0.2) is 82.7 Å². The summed E-state index contributed by atoms with van der Waals surface area (Å²) in [6.45, 7) is 3.97. The number of esters is 2. The monoisotopic (exact) mass is 898 g/mol. The number of pyridine rings is 2. The molecule has 0 bridgehead atoms. The molecular formula is C52H54N2O12. The highest BCUT2D eigenvalue weighted by atomic mass is 16.5. The lowest BCUT2D eigenvalue weighted by Crippen LogP contribution is -2.22. The Labute approximate surface area is 383 Å². The van der Waals surface area contributed by atoms with Gasteiger partial charge in [0.2, 0.25) is 0 Å². The summed E-state index contributed by atoms with van der Waals surface area (Å²) in [5.74, 6) is -4.01. The van der Waals surface area contributed by atoms with Crippen LogP contribution < -0.4 is 9.47 Å². The molecule has 344 valence electrons. The molecule has 2 aromatic heterocycles. The number of carbonyl (C=O) groups is 4. The van der Waals surface area contributed by atoms with Crippen LogP contribution in [0.1, 0.15) is 95.5 Å². The van der Waals surface area contributed by atoms with Gasteiger partial charge in [0.1, 0.15) is 28.3 Å². The number of hydrogen-bond acceptors (Lipinski definition) is 12. The standard InChI is InChI=1S/2C26H27NO6/c1-31-19-13-9-18(10-14-19)11-15-20-22(25(29)32-2)23(26(30)33-3)24(28)21(27-20)16-12-17-7-5-4-6-8-17;1-26(2,14-13-16-9-11-18(33-3)12-10-16)15-19-20(24(29)30)21(25(31)32)23(28)22(27-19)17-7-5-4-6-8-17/h4-10,13-14,28H,11-12,15-16H2,1-3H3;4-12,28H,13-15H2,1-3H3,(H,29,30)(H,31,32). The van der Waals surface area contributed by atoms with Gasteiger partial charge in [-0.15, -0.1) is 0 Å². The molecular weight excluding hydrogens is 845 g/mol. The molecule has 0 amide bonds. The second kappa shape index (κ2) is 22.7. The molecule has 0 aliphatic carbocycles. The predicted molar refractivity (Wildman–Crippen MR) is 247 cm³/mol. The normalized spacial score (nSPS) is 10.9. The van der Waals surface area contributed by atoms with Crippen LogP contribution in [0.2, 0.25) is 0 Å². The van der Waals surface area contributed by atoms with Crippen molar-refractivity contribution in [2.45, 2.75) is 58.8 Å². The molecule has 6 rings (SSSR count). The van der Waals surface area contributed by atoms with Gasteiger partial charge in [0.15, 0.2) is 11.5 Å². The van der Waals surface area contributed by atoms with Crippen LogP contribution in [0.5, 0.6) is 23.0 Å². The average Bonchev–Trinajstić information content (AvgIpc) is 3.33. The molecule has 14 heteroatoms. The van der Waals surface area contributed by atoms with E-state index in [9.17, 15) is 39.6 Å². The van der Waals surface area contributed by atoms with E-state index in [-0.39, 0.29) is 34.7 Å². The van der Waals surface area contributed by atoms with Crippen LogP contribution in [-0.2, 0) is 48.0 Å². The van der Waals surface area contributed by atoms with Crippen LogP contribution in [0.15, 0.2) is 109 Å². The number of aromatic hydroxyl groups is 2. The summed E-state index contributed by atoms with van der Waals surface area (Å²) in [5, 5.41) is 41.1. The maximum atomic E-state index is 12.6. The van der Waals surface area contributed by atoms with Crippen LogP contribution in [0, 0.1) is 5.41 Å². The fourth-order valence-corrected chi connectivity index (χ4v) is 7.42. The minimum Gasteiger partial charge on any atom is -0.505 e. The number of ether oxygens (including phenoxy) is 4. The van der Waals surface area contributed by atoms with E-state index in [0.29, 0.717) is 49.1 Å². The maximum Gasteiger partial charge on any atom is 0.342 e. The van der Waals surface area contributed by atoms with E-state index in [1.165, 1.54) is 14.2 Å². The van der Waals surface area contributed by atoms with E-state index in [4.69, 9.17) is 18.9 Å². The Bertz CT molecular complexity index is 2630. The predicted octanol–water partition coefficient (Wildman–Crippen LogP) is 9.00. The third kappa shape index (κ3) is 12.5. The Balaban J connectivity index is 0.000000247. The van der Waals surface area contributed by atoms with E-state index in [1.807, 2.05) is 92.7 Å². The van der Waals surface area contributed by atoms with Gasteiger partial charge in [0.05, 0.1) is 56.6 Å². The van der Waals surface area contributed by atoms with E-state index in [0.717, 1.165) is 34.6 Å². The molecule has 14 nitrogen and oxygen atoms in total. The molecule has 4 N–H and O–H groups in total. The Hall–Kier alpha value is -7.74. The van der Waals surface area contributed by atoms with E-state index in [1.54, 1.807) is 44.6 Å². The molecule has 2 heterocycles. The lowest BCUT2D eigenvalue weighted by Gasteiger charge is -2.26. The largest absolute Gasteiger partial charge is 0.505 e. The first kappa shape index (κ1) is 49.3. The minimum atomic E-state index is -1.51. The quantitative estimate of drug-likeness (QED) is 0.0593. The van der Waals surface area contributed by atoms with Crippen LogP contribution >= 0.6 is 0 Å². The molecule has 0 saturated heterocycles. The number of aromatic carboxylic acids is 2. The van der Waals surface area contributed by atoms with Gasteiger partial charge in [0.25, 0.3) is 0 Å². The SMILES string of the molecule is COC(=O)c1c(CCc2ccc(OC)cc2)nc(CCc2ccccc2)c(O)c1C(=O)OC.COc1ccc(CCC(C)(C)Cc2nc(-c3ccccc3)c(O)c(C(=O)O)c2C(=O)O)cc1. The number of hydrogen-bond donors (Lipinski definition) is 4. The Kier molecular flexibility index (Phi) is 17.0. The molecule has 0 atom stereocenters. The molecule has 0 unspecified atom stereocenters. The van der Waals surface area contributed by atoms with E-state index < -0.39 is 46.2 Å². The fraction of sp³-hybridized carbons (Fsp3) is 0.269. The van der Waals surface area contributed by atoms with Gasteiger partial charge < -0.3 is 39.4 Å². The Morgan fingerprint density at radius 1 is 0.500 bits per heavy atom. The second-order valence-corrected chi connectivity index (χ2v) is 16.1. The van der Waals surface area contributed by atoms with Crippen molar-refractivity contribution >= 4 is 23.9 Å². The lowest BCUT2D eigenvalue weighted by molar-refractivity contribution is 0.0550. The zero-order valence-corrected chi connectivity index (χ0v) is 37.8. The summed E-state index contributed by atoms with van der Waals surface area (Å²) in [7, 11) is 5.63. The number of aryl methyl sites for hydroxylation is 5. The zero-order chi connectivity index (χ0) is 48.0. The average molecular weight is 899 g/mol. The summed E-state index contributed by atoms with van der Waals surface area (Å²) in [6, 6.07) is 33.7. The van der Waals surface area contributed by atoms with Crippen molar-refractivity contribution in [3.63, 3.8) is 0 Å². The van der Waals surface area contributed by atoms with Crippen LogP contribution in [0.4, 0.5) is 0 Å². The van der Waals surface area contributed by atoms with Gasteiger partial charge in [-0.2, -0.15) is 0 Å². The molecule has 0 aliphatic rings. The second-order valence-electron chi connectivity index (χ2n) is 16.1. The number of carboxylic acids is 2. The summed E-state index contributed by atoms with van der Waals surface area (Å²) >= 11 is 0. The number of aromatic nitrogens is 2. The third-order valence-electron chi connectivity index (χ3n) is 11.0. The van der Waals surface area contributed by atoms with Crippen molar-refractivity contribution in [1.82, 2.24) is 9.97 Å². The highest BCUT2D eigenvalue weighted by Gasteiger charge is 2.32. The van der Waals surface area contributed by atoms with Gasteiger partial charge in [0, 0.05) is 5.56 Å². The number of carbonyl (C=O) groups excluding carboxylic acids is 2. The van der Waals surface area contributed by atoms with Gasteiger partial charge in [-0.1, -0.05) is 98.8 Å². The summed E-state index contributed by atoms with van der Waals surface area (Å²) in [4.78, 5) is 58.2. The molecule has 4 aromatic carbocycles. The Morgan fingerprint density at radius 3 is 1.47 bits per heavy atom. The molecule has 0 radical (unpaired) electrons. The Morgan fingerprint density at radius 2 is 0.970 bits per heavy atom. The highest BCUT2D eigenvalue weighted by molar-refractivity contribution is 6.06. The number of rotatable bonds is 18. The maximum absolute atomic E-state index is 12.6. The zero-order valence-electron chi connectivity index (χ0n) is 37.8. The highest BCUT2D eigenvalue weighted by Crippen LogP contribution is 2.38. The van der Waals surface area contributed by atoms with Crippen LogP contribution in [0.25, 0.3) is 11.3 Å². The first-order valence-electron chi connectivity index (χ1n) is 21.1.